The Balaban J connectivity index is 2.22. The second-order valence-electron chi connectivity index (χ2n) is 4.70. The quantitative estimate of drug-likeness (QED) is 0.863. The van der Waals surface area contributed by atoms with Crippen molar-refractivity contribution in [3.8, 4) is 0 Å². The van der Waals surface area contributed by atoms with Gasteiger partial charge in [-0.1, -0.05) is 11.6 Å². The van der Waals surface area contributed by atoms with E-state index >= 15 is 0 Å². The monoisotopic (exact) mass is 366 g/mol. The van der Waals surface area contributed by atoms with Crippen LogP contribution in [-0.2, 0) is 10.0 Å². The van der Waals surface area contributed by atoms with Gasteiger partial charge in [0.1, 0.15) is 0 Å². The molecule has 106 valence electrons. The largest absolute Gasteiger partial charge is 0.315 e. The third-order valence-electron chi connectivity index (χ3n) is 3.19. The van der Waals surface area contributed by atoms with Crippen LogP contribution in [0.3, 0.4) is 0 Å². The number of benzene rings is 1. The van der Waals surface area contributed by atoms with Gasteiger partial charge in [-0.2, -0.15) is 0 Å². The fourth-order valence-electron chi connectivity index (χ4n) is 2.05. The molecule has 0 bridgehead atoms. The lowest BCUT2D eigenvalue weighted by Crippen LogP contribution is -2.41. The van der Waals surface area contributed by atoms with Crippen LogP contribution in [0.5, 0.6) is 0 Å². The van der Waals surface area contributed by atoms with Crippen LogP contribution in [0.2, 0.25) is 5.02 Å². The van der Waals surface area contributed by atoms with Crippen molar-refractivity contribution >= 4 is 43.2 Å². The van der Waals surface area contributed by atoms with Gasteiger partial charge >= 0.3 is 0 Å². The normalized spacial score (nSPS) is 20.3. The van der Waals surface area contributed by atoms with E-state index < -0.39 is 15.3 Å². The summed E-state index contributed by atoms with van der Waals surface area (Å²) in [6, 6.07) is 3.44. The van der Waals surface area contributed by atoms with E-state index in [2.05, 4.69) is 26.0 Å². The van der Waals surface area contributed by atoms with Gasteiger partial charge in [-0.15, -0.1) is 0 Å². The molecule has 0 aromatic heterocycles. The summed E-state index contributed by atoms with van der Waals surface area (Å²) in [7, 11) is -3.39. The molecule has 0 radical (unpaired) electrons. The third kappa shape index (κ3) is 3.62. The summed E-state index contributed by atoms with van der Waals surface area (Å²) in [4.78, 5) is 0. The van der Waals surface area contributed by atoms with Gasteiger partial charge in [0.15, 0.2) is 0 Å². The van der Waals surface area contributed by atoms with Gasteiger partial charge in [-0.05, 0) is 59.9 Å². The molecule has 1 aliphatic heterocycles. The summed E-state index contributed by atoms with van der Waals surface area (Å²) >= 11 is 9.39. The SMILES string of the molecule is Cc1cc(Br)c(NS(=O)(=O)C2CCCNC2)cc1Cl. The maximum atomic E-state index is 12.3. The second kappa shape index (κ2) is 5.99. The molecule has 1 saturated heterocycles. The molecule has 4 nitrogen and oxygen atoms in total. The number of anilines is 1. The van der Waals surface area contributed by atoms with Crippen LogP contribution >= 0.6 is 27.5 Å². The molecule has 1 unspecified atom stereocenters. The van der Waals surface area contributed by atoms with Crippen molar-refractivity contribution in [2.75, 3.05) is 17.8 Å². The fourth-order valence-corrected chi connectivity index (χ4v) is 4.35. The second-order valence-corrected chi connectivity index (χ2v) is 7.92. The van der Waals surface area contributed by atoms with E-state index in [-0.39, 0.29) is 0 Å². The van der Waals surface area contributed by atoms with E-state index in [1.165, 1.54) is 0 Å². The van der Waals surface area contributed by atoms with Crippen LogP contribution in [0, 0.1) is 6.92 Å². The maximum Gasteiger partial charge on any atom is 0.236 e. The third-order valence-corrected chi connectivity index (χ3v) is 6.04. The van der Waals surface area contributed by atoms with Crippen molar-refractivity contribution in [2.24, 2.45) is 0 Å². The number of rotatable bonds is 3. The minimum absolute atomic E-state index is 0.395. The van der Waals surface area contributed by atoms with E-state index in [1.807, 2.05) is 6.92 Å². The zero-order valence-corrected chi connectivity index (χ0v) is 13.7. The highest BCUT2D eigenvalue weighted by Crippen LogP contribution is 2.30. The summed E-state index contributed by atoms with van der Waals surface area (Å²) in [6.07, 6.45) is 1.56. The van der Waals surface area contributed by atoms with Crippen LogP contribution < -0.4 is 10.0 Å². The van der Waals surface area contributed by atoms with E-state index in [4.69, 9.17) is 11.6 Å². The lowest BCUT2D eigenvalue weighted by molar-refractivity contribution is 0.499. The number of halogens is 2. The van der Waals surface area contributed by atoms with Crippen LogP contribution in [0.4, 0.5) is 5.69 Å². The molecule has 7 heteroatoms. The highest BCUT2D eigenvalue weighted by molar-refractivity contribution is 9.10. The van der Waals surface area contributed by atoms with Crippen LogP contribution in [-0.4, -0.2) is 26.8 Å². The van der Waals surface area contributed by atoms with Crippen molar-refractivity contribution < 1.29 is 8.42 Å². The summed E-state index contributed by atoms with van der Waals surface area (Å²) in [5.74, 6) is 0. The van der Waals surface area contributed by atoms with Crippen molar-refractivity contribution in [3.63, 3.8) is 0 Å². The van der Waals surface area contributed by atoms with Crippen LogP contribution in [0.1, 0.15) is 18.4 Å². The van der Waals surface area contributed by atoms with E-state index in [0.717, 1.165) is 18.5 Å². The Bertz CT molecular complexity index is 571. The van der Waals surface area contributed by atoms with Gasteiger partial charge in [0.25, 0.3) is 0 Å². The minimum atomic E-state index is -3.39. The van der Waals surface area contributed by atoms with Crippen molar-refractivity contribution in [3.05, 3.63) is 27.2 Å². The molecule has 2 rings (SSSR count). The fraction of sp³-hybridized carbons (Fsp3) is 0.500. The smallest absolute Gasteiger partial charge is 0.236 e. The predicted octanol–water partition coefficient (Wildman–Crippen LogP) is 2.90. The van der Waals surface area contributed by atoms with Gasteiger partial charge in [0, 0.05) is 16.0 Å². The van der Waals surface area contributed by atoms with Gasteiger partial charge in [0.05, 0.1) is 10.9 Å². The lowest BCUT2D eigenvalue weighted by atomic mass is 10.2. The topological polar surface area (TPSA) is 58.2 Å². The number of piperidine rings is 1. The summed E-state index contributed by atoms with van der Waals surface area (Å²) in [6.45, 7) is 3.25. The number of sulfonamides is 1. The highest BCUT2D eigenvalue weighted by Gasteiger charge is 2.27. The van der Waals surface area contributed by atoms with Crippen LogP contribution in [0.25, 0.3) is 0 Å². The summed E-state index contributed by atoms with van der Waals surface area (Å²) in [5, 5.41) is 3.25. The summed E-state index contributed by atoms with van der Waals surface area (Å²) < 4.78 is 27.9. The van der Waals surface area contributed by atoms with Crippen molar-refractivity contribution in [1.82, 2.24) is 5.32 Å². The Labute approximate surface area is 127 Å². The Morgan fingerprint density at radius 1 is 1.47 bits per heavy atom. The molecule has 1 atom stereocenters. The maximum absolute atomic E-state index is 12.3. The van der Waals surface area contributed by atoms with Crippen molar-refractivity contribution in [1.29, 1.82) is 0 Å². The first-order valence-electron chi connectivity index (χ1n) is 6.08. The van der Waals surface area contributed by atoms with E-state index in [0.29, 0.717) is 28.1 Å². The van der Waals surface area contributed by atoms with Crippen LogP contribution in [0.15, 0.2) is 16.6 Å². The average Bonchev–Trinajstić information content (AvgIpc) is 2.37. The lowest BCUT2D eigenvalue weighted by Gasteiger charge is -2.23. The Morgan fingerprint density at radius 2 is 2.21 bits per heavy atom. The molecule has 1 heterocycles. The molecule has 19 heavy (non-hydrogen) atoms. The molecule has 1 aromatic rings. The zero-order chi connectivity index (χ0) is 14.0. The zero-order valence-electron chi connectivity index (χ0n) is 10.5. The number of nitrogens with one attached hydrogen (secondary N) is 2. The van der Waals surface area contributed by atoms with Gasteiger partial charge < -0.3 is 5.32 Å². The first-order valence-corrected chi connectivity index (χ1v) is 8.80. The Morgan fingerprint density at radius 3 is 2.84 bits per heavy atom. The molecule has 0 spiro atoms. The van der Waals surface area contributed by atoms with E-state index in [1.54, 1.807) is 12.1 Å². The molecule has 1 fully saturated rings. The Hall–Kier alpha value is -0.300. The van der Waals surface area contributed by atoms with Gasteiger partial charge in [0.2, 0.25) is 10.0 Å². The summed E-state index contributed by atoms with van der Waals surface area (Å²) in [5.41, 5.74) is 1.39. The number of hydrogen-bond donors (Lipinski definition) is 2. The van der Waals surface area contributed by atoms with Crippen molar-refractivity contribution in [2.45, 2.75) is 25.0 Å². The van der Waals surface area contributed by atoms with E-state index in [9.17, 15) is 8.42 Å². The van der Waals surface area contributed by atoms with Gasteiger partial charge in [-0.3, -0.25) is 4.72 Å². The molecule has 0 aliphatic carbocycles. The molecule has 1 aliphatic rings. The molecular weight excluding hydrogens is 352 g/mol. The minimum Gasteiger partial charge on any atom is -0.315 e. The first kappa shape index (κ1) is 15.1. The van der Waals surface area contributed by atoms with Gasteiger partial charge in [-0.25, -0.2) is 8.42 Å². The molecule has 2 N–H and O–H groups in total. The molecule has 0 amide bonds. The first-order chi connectivity index (χ1) is 8.90. The highest BCUT2D eigenvalue weighted by atomic mass is 79.9. The Kier molecular flexibility index (Phi) is 4.76. The average molecular weight is 368 g/mol. The predicted molar refractivity (Wildman–Crippen MR) is 82.3 cm³/mol. The molecule has 0 saturated carbocycles. The number of aryl methyl sites for hydroxylation is 1. The number of hydrogen-bond acceptors (Lipinski definition) is 3. The molecule has 1 aromatic carbocycles. The standard InChI is InChI=1S/C12H16BrClN2O2S/c1-8-5-10(13)12(6-11(8)14)16-19(17,18)9-3-2-4-15-7-9/h5-6,9,15-16H,2-4,7H2,1H3. The molecular formula is C12H16BrClN2O2S.